The first-order valence-electron chi connectivity index (χ1n) is 29.9. The number of hydrogen-bond acceptors (Lipinski definition) is 3. The molecule has 0 radical (unpaired) electrons. The molecule has 0 heterocycles. The van der Waals surface area contributed by atoms with Gasteiger partial charge in [0.05, 0.1) is 18.8 Å². The van der Waals surface area contributed by atoms with E-state index in [1.807, 2.05) is 0 Å². The van der Waals surface area contributed by atoms with Gasteiger partial charge in [0.25, 0.3) is 0 Å². The quantitative estimate of drug-likeness (QED) is 0.0421. The van der Waals surface area contributed by atoms with Gasteiger partial charge in [0.2, 0.25) is 5.91 Å². The molecule has 0 aliphatic rings. The van der Waals surface area contributed by atoms with Crippen molar-refractivity contribution in [3.8, 4) is 0 Å². The molecule has 0 aromatic rings. The fourth-order valence-electron chi connectivity index (χ4n) is 9.71. The van der Waals surface area contributed by atoms with E-state index < -0.39 is 12.1 Å². The minimum atomic E-state index is -0.655. The highest BCUT2D eigenvalue weighted by molar-refractivity contribution is 5.76. The van der Waals surface area contributed by atoms with Gasteiger partial charge in [0, 0.05) is 6.42 Å². The van der Waals surface area contributed by atoms with E-state index in [9.17, 15) is 15.0 Å². The van der Waals surface area contributed by atoms with E-state index in [2.05, 4.69) is 31.3 Å². The summed E-state index contributed by atoms with van der Waals surface area (Å²) in [6.07, 6.45) is 73.8. The van der Waals surface area contributed by atoms with Crippen molar-refractivity contribution in [3.63, 3.8) is 0 Å². The maximum atomic E-state index is 12.5. The molecule has 0 saturated carbocycles. The smallest absolute Gasteiger partial charge is 0.220 e. The number of allylic oxidation sites excluding steroid dienone is 2. The van der Waals surface area contributed by atoms with Crippen molar-refractivity contribution >= 4 is 5.91 Å². The minimum Gasteiger partial charge on any atom is -0.394 e. The molecule has 2 atom stereocenters. The molecule has 3 N–H and O–H groups in total. The Morgan fingerprint density at radius 1 is 0.359 bits per heavy atom. The summed E-state index contributed by atoms with van der Waals surface area (Å²) in [6.45, 7) is 4.39. The summed E-state index contributed by atoms with van der Waals surface area (Å²) in [7, 11) is 0. The second kappa shape index (κ2) is 56.5. The summed E-state index contributed by atoms with van der Waals surface area (Å²) in [5.74, 6) is -0.0253. The molecular formula is C60H119NO3. The van der Waals surface area contributed by atoms with E-state index in [1.165, 1.54) is 295 Å². The number of rotatable bonds is 56. The van der Waals surface area contributed by atoms with Crippen LogP contribution in [-0.2, 0) is 4.79 Å². The van der Waals surface area contributed by atoms with Crippen molar-refractivity contribution in [3.05, 3.63) is 12.2 Å². The molecule has 0 rings (SSSR count). The van der Waals surface area contributed by atoms with Gasteiger partial charge in [-0.3, -0.25) is 4.79 Å². The average Bonchev–Trinajstić information content (AvgIpc) is 3.30. The molecule has 4 nitrogen and oxygen atoms in total. The van der Waals surface area contributed by atoms with Crippen LogP contribution in [0.2, 0.25) is 0 Å². The topological polar surface area (TPSA) is 69.6 Å². The molecule has 0 saturated heterocycles. The Balaban J connectivity index is 3.34. The van der Waals surface area contributed by atoms with Crippen LogP contribution in [0.15, 0.2) is 12.2 Å². The Bertz CT molecular complexity index is 890. The number of carbonyl (C=O) groups excluding carboxylic acids is 1. The van der Waals surface area contributed by atoms with Crippen LogP contribution in [0.1, 0.15) is 348 Å². The Kier molecular flexibility index (Phi) is 55.7. The lowest BCUT2D eigenvalue weighted by molar-refractivity contribution is -0.123. The Hall–Kier alpha value is -0.870. The molecule has 0 bridgehead atoms. The van der Waals surface area contributed by atoms with E-state index in [-0.39, 0.29) is 12.5 Å². The zero-order valence-electron chi connectivity index (χ0n) is 44.1. The van der Waals surface area contributed by atoms with Crippen molar-refractivity contribution in [2.75, 3.05) is 6.61 Å². The standard InChI is InChI=1S/C60H119NO3/c1-3-5-7-9-11-13-15-17-18-19-20-21-22-23-24-25-26-27-28-29-30-31-32-33-34-35-36-37-38-39-40-41-42-44-46-48-50-52-54-56-60(64)61-58(57-62)59(63)55-53-51-49-47-45-43-16-14-12-10-8-6-4-2/h29-30,58-59,62-63H,3-28,31-57H2,1-2H3,(H,61,64)/b30-29-. The van der Waals surface area contributed by atoms with Gasteiger partial charge in [-0.25, -0.2) is 0 Å². The molecule has 0 aromatic heterocycles. The van der Waals surface area contributed by atoms with Crippen molar-refractivity contribution in [2.24, 2.45) is 0 Å². The molecule has 0 aliphatic carbocycles. The van der Waals surface area contributed by atoms with Crippen LogP contribution >= 0.6 is 0 Å². The molecule has 0 fully saturated rings. The van der Waals surface area contributed by atoms with E-state index in [4.69, 9.17) is 0 Å². The predicted octanol–water partition coefficient (Wildman–Crippen LogP) is 19.7. The lowest BCUT2D eigenvalue weighted by Crippen LogP contribution is -2.45. The molecule has 4 heteroatoms. The van der Waals surface area contributed by atoms with Gasteiger partial charge in [0.15, 0.2) is 0 Å². The average molecular weight is 903 g/mol. The number of aliphatic hydroxyl groups is 2. The molecule has 0 spiro atoms. The lowest BCUT2D eigenvalue weighted by atomic mass is 10.0. The van der Waals surface area contributed by atoms with Crippen LogP contribution in [0.3, 0.4) is 0 Å². The van der Waals surface area contributed by atoms with Gasteiger partial charge >= 0.3 is 0 Å². The minimum absolute atomic E-state index is 0.0253. The molecule has 64 heavy (non-hydrogen) atoms. The lowest BCUT2D eigenvalue weighted by Gasteiger charge is -2.22. The molecule has 0 aromatic carbocycles. The van der Waals surface area contributed by atoms with Crippen molar-refractivity contribution in [2.45, 2.75) is 360 Å². The maximum Gasteiger partial charge on any atom is 0.220 e. The molecule has 2 unspecified atom stereocenters. The van der Waals surface area contributed by atoms with E-state index in [1.54, 1.807) is 0 Å². The Morgan fingerprint density at radius 2 is 0.594 bits per heavy atom. The number of unbranched alkanes of at least 4 members (excludes halogenated alkanes) is 47. The first kappa shape index (κ1) is 63.1. The Labute approximate surface area is 403 Å². The predicted molar refractivity (Wildman–Crippen MR) is 286 cm³/mol. The van der Waals surface area contributed by atoms with Crippen LogP contribution in [0.25, 0.3) is 0 Å². The van der Waals surface area contributed by atoms with Crippen molar-refractivity contribution < 1.29 is 15.0 Å². The Morgan fingerprint density at radius 3 is 0.859 bits per heavy atom. The van der Waals surface area contributed by atoms with Gasteiger partial charge in [-0.15, -0.1) is 0 Å². The van der Waals surface area contributed by atoms with Crippen molar-refractivity contribution in [1.82, 2.24) is 5.32 Å². The highest BCUT2D eigenvalue weighted by atomic mass is 16.3. The summed E-state index contributed by atoms with van der Waals surface area (Å²) in [6, 6.07) is -0.532. The fourth-order valence-corrected chi connectivity index (χ4v) is 9.71. The van der Waals surface area contributed by atoms with Crippen LogP contribution in [0, 0.1) is 0 Å². The van der Waals surface area contributed by atoms with Crippen LogP contribution in [0.5, 0.6) is 0 Å². The summed E-state index contributed by atoms with van der Waals surface area (Å²) in [5.41, 5.74) is 0. The highest BCUT2D eigenvalue weighted by Gasteiger charge is 2.20. The number of aliphatic hydroxyl groups excluding tert-OH is 2. The number of hydrogen-bond donors (Lipinski definition) is 3. The molecule has 382 valence electrons. The SMILES string of the molecule is CCCCCCCCCCCCCCCCCCCC/C=C\CCCCCCCCCCCCCCCCCCCC(=O)NC(CO)C(O)CCCCCCCCCCCCCCC. The highest BCUT2D eigenvalue weighted by Crippen LogP contribution is 2.18. The second-order valence-electron chi connectivity index (χ2n) is 20.8. The van der Waals surface area contributed by atoms with Gasteiger partial charge < -0.3 is 15.5 Å². The summed E-state index contributed by atoms with van der Waals surface area (Å²) in [5, 5.41) is 23.2. The normalized spacial score (nSPS) is 12.8. The zero-order chi connectivity index (χ0) is 46.3. The number of carbonyl (C=O) groups is 1. The second-order valence-corrected chi connectivity index (χ2v) is 20.8. The number of nitrogens with one attached hydrogen (secondary N) is 1. The number of amides is 1. The molecular weight excluding hydrogens is 783 g/mol. The third kappa shape index (κ3) is 52.1. The summed E-state index contributed by atoms with van der Waals surface area (Å²) < 4.78 is 0. The molecule has 1 amide bonds. The molecule has 0 aliphatic heterocycles. The summed E-state index contributed by atoms with van der Waals surface area (Å²) >= 11 is 0. The van der Waals surface area contributed by atoms with E-state index >= 15 is 0 Å². The van der Waals surface area contributed by atoms with Gasteiger partial charge in [-0.1, -0.05) is 315 Å². The summed E-state index contributed by atoms with van der Waals surface area (Å²) in [4.78, 5) is 12.5. The van der Waals surface area contributed by atoms with Gasteiger partial charge in [-0.05, 0) is 38.5 Å². The maximum absolute atomic E-state index is 12.5. The first-order valence-corrected chi connectivity index (χ1v) is 29.9. The van der Waals surface area contributed by atoms with E-state index in [0.29, 0.717) is 12.8 Å². The van der Waals surface area contributed by atoms with Gasteiger partial charge in [-0.2, -0.15) is 0 Å². The fraction of sp³-hybridized carbons (Fsp3) is 0.950. The van der Waals surface area contributed by atoms with Crippen LogP contribution < -0.4 is 5.32 Å². The third-order valence-electron chi connectivity index (χ3n) is 14.3. The van der Waals surface area contributed by atoms with Crippen LogP contribution in [-0.4, -0.2) is 34.9 Å². The van der Waals surface area contributed by atoms with Crippen molar-refractivity contribution in [1.29, 1.82) is 0 Å². The monoisotopic (exact) mass is 902 g/mol. The third-order valence-corrected chi connectivity index (χ3v) is 14.3. The zero-order valence-corrected chi connectivity index (χ0v) is 44.1. The van der Waals surface area contributed by atoms with Crippen LogP contribution in [0.4, 0.5) is 0 Å². The largest absolute Gasteiger partial charge is 0.394 e. The van der Waals surface area contributed by atoms with Gasteiger partial charge in [0.1, 0.15) is 0 Å². The first-order chi connectivity index (χ1) is 31.7. The van der Waals surface area contributed by atoms with E-state index in [0.717, 1.165) is 25.7 Å².